The Morgan fingerprint density at radius 3 is 1.94 bits per heavy atom. The smallest absolute Gasteiger partial charge is 0.261 e. The zero-order valence-corrected chi connectivity index (χ0v) is 47.7. The Morgan fingerprint density at radius 2 is 1.28 bits per heavy atom. The quantitative estimate of drug-likeness (QED) is 0.0367. The number of carbonyl (C=O) groups is 7. The number of ether oxygens (including phenoxy) is 4. The summed E-state index contributed by atoms with van der Waals surface area (Å²) in [4.78, 5) is 99.3. The predicted molar refractivity (Wildman–Crippen MR) is 315 cm³/mol. The van der Waals surface area contributed by atoms with E-state index in [4.69, 9.17) is 23.9 Å². The van der Waals surface area contributed by atoms with Gasteiger partial charge in [-0.25, -0.2) is 0 Å². The van der Waals surface area contributed by atoms with Crippen LogP contribution in [0.5, 0.6) is 23.0 Å². The van der Waals surface area contributed by atoms with E-state index in [-0.39, 0.29) is 71.8 Å². The van der Waals surface area contributed by atoms with Crippen LogP contribution in [-0.4, -0.2) is 110 Å². The van der Waals surface area contributed by atoms with Gasteiger partial charge in [-0.2, -0.15) is 0 Å². The molecule has 81 heavy (non-hydrogen) atoms. The topological polar surface area (TPSA) is 235 Å². The van der Waals surface area contributed by atoms with Gasteiger partial charge in [-0.1, -0.05) is 64.9 Å². The Kier molecular flexibility index (Phi) is 18.2. The first-order chi connectivity index (χ1) is 38.9. The second kappa shape index (κ2) is 25.6. The van der Waals surface area contributed by atoms with Crippen LogP contribution in [0.15, 0.2) is 96.0 Å². The SMILES string of the molecule is COc1cc2c(cc1OCc1cc(COc3cc4c(cc3OC)C(=O)N3c5ccccc5C[C@H]3CN4)cc(NC(=O)CNC(=O)CNC(=O)CNC(=O)CCC(C)(C)SSC(C)CCC(C)=O)c1)N=C[C@@H]1Cc3ccccc3N1C2=O. The van der Waals surface area contributed by atoms with Crippen molar-refractivity contribution in [3.8, 4) is 23.0 Å². The molecule has 1 unspecified atom stereocenters. The van der Waals surface area contributed by atoms with Crippen molar-refractivity contribution in [1.29, 1.82) is 0 Å². The van der Waals surface area contributed by atoms with Gasteiger partial charge in [0.1, 0.15) is 19.0 Å². The molecule has 0 fully saturated rings. The Bertz CT molecular complexity index is 3300. The second-order valence-corrected chi connectivity index (χ2v) is 24.3. The summed E-state index contributed by atoms with van der Waals surface area (Å²) in [6.07, 6.45) is 5.24. The third-order valence-corrected chi connectivity index (χ3v) is 18.2. The van der Waals surface area contributed by atoms with E-state index in [1.54, 1.807) is 76.0 Å². The molecule has 0 aliphatic carbocycles. The van der Waals surface area contributed by atoms with Gasteiger partial charge in [-0.15, -0.1) is 0 Å². The summed E-state index contributed by atoms with van der Waals surface area (Å²) in [6, 6.07) is 27.4. The molecule has 9 rings (SSSR count). The fourth-order valence-electron chi connectivity index (χ4n) is 10.0. The highest BCUT2D eigenvalue weighted by molar-refractivity contribution is 8.77. The summed E-state index contributed by atoms with van der Waals surface area (Å²) in [7, 11) is 6.35. The maximum absolute atomic E-state index is 14.1. The van der Waals surface area contributed by atoms with Crippen LogP contribution < -0.4 is 55.3 Å². The van der Waals surface area contributed by atoms with Crippen molar-refractivity contribution >= 4 is 97.5 Å². The molecule has 4 aliphatic heterocycles. The van der Waals surface area contributed by atoms with Crippen LogP contribution in [0.4, 0.5) is 28.4 Å². The van der Waals surface area contributed by atoms with Gasteiger partial charge in [-0.05, 0) is 105 Å². The number of benzene rings is 5. The molecule has 5 aromatic carbocycles. The van der Waals surface area contributed by atoms with Crippen LogP contribution in [0.3, 0.4) is 0 Å². The number of hydrogen-bond donors (Lipinski definition) is 5. The number of methoxy groups -OCH3 is 2. The summed E-state index contributed by atoms with van der Waals surface area (Å²) in [5.41, 5.74) is 7.31. The molecule has 424 valence electrons. The Hall–Kier alpha value is -8.04. The molecule has 4 aliphatic rings. The normalized spacial score (nSPS) is 15.9. The lowest BCUT2D eigenvalue weighted by atomic mass is 10.1. The number of nitrogens with one attached hydrogen (secondary N) is 5. The van der Waals surface area contributed by atoms with E-state index in [1.807, 2.05) is 73.3 Å². The van der Waals surface area contributed by atoms with Crippen molar-refractivity contribution in [3.63, 3.8) is 0 Å². The monoisotopic (exact) mass is 1140 g/mol. The van der Waals surface area contributed by atoms with Crippen LogP contribution in [0.2, 0.25) is 0 Å². The molecule has 5 N–H and O–H groups in total. The zero-order chi connectivity index (χ0) is 57.4. The number of fused-ring (bicyclic) bond motifs is 8. The van der Waals surface area contributed by atoms with Crippen molar-refractivity contribution in [2.24, 2.45) is 4.99 Å². The highest BCUT2D eigenvalue weighted by Crippen LogP contribution is 2.44. The number of nitrogens with zero attached hydrogens (tertiary/aromatic N) is 3. The number of aliphatic imine (C=N–C) groups is 1. The number of hydrogen-bond acceptors (Lipinski definition) is 15. The molecular weight excluding hydrogens is 1070 g/mol. The highest BCUT2D eigenvalue weighted by atomic mass is 33.1. The standard InChI is InChI=1S/C60H66N8O11S2/c1-35(69)15-16-36(2)80-81-60(3,4)18-17-54(70)63-30-55(71)64-31-56(72)65-32-57(73)66-41-20-37(33-78-52-26-46-44(24-50(52)76-5)58(74)67-42(28-61-46)22-39-11-7-9-13-48(39)67)19-38(21-41)34-79-53-27-47-45(25-51(53)77-6)59(75)68-43(29-62-47)23-40-12-8-10-14-49(40)68/h7-14,19-21,24-28,36,42-43,62H,15-18,22-23,29-34H2,1-6H3,(H,63,70)(H,64,71)(H,65,72)(H,66,73)/t36?,42-,43-/m0/s1. The summed E-state index contributed by atoms with van der Waals surface area (Å²) in [5.74, 6) is -0.910. The zero-order valence-electron chi connectivity index (χ0n) is 46.1. The summed E-state index contributed by atoms with van der Waals surface area (Å²) < 4.78 is 24.2. The average Bonchev–Trinajstić information content (AvgIpc) is 4.12. The lowest BCUT2D eigenvalue weighted by Gasteiger charge is -2.24. The van der Waals surface area contributed by atoms with E-state index >= 15 is 0 Å². The minimum Gasteiger partial charge on any atom is -0.493 e. The third-order valence-electron chi connectivity index (χ3n) is 14.2. The van der Waals surface area contributed by atoms with E-state index < -0.39 is 30.8 Å². The van der Waals surface area contributed by atoms with Gasteiger partial charge in [0.05, 0.1) is 68.4 Å². The number of para-hydroxylation sites is 2. The first-order valence-electron chi connectivity index (χ1n) is 26.8. The van der Waals surface area contributed by atoms with E-state index in [0.717, 1.165) is 35.3 Å². The third kappa shape index (κ3) is 14.1. The largest absolute Gasteiger partial charge is 0.493 e. The maximum Gasteiger partial charge on any atom is 0.261 e. The predicted octanol–water partition coefficient (Wildman–Crippen LogP) is 8.13. The van der Waals surface area contributed by atoms with Crippen LogP contribution in [0.25, 0.3) is 0 Å². The molecule has 3 atom stereocenters. The van der Waals surface area contributed by atoms with Gasteiger partial charge in [0.25, 0.3) is 11.8 Å². The van der Waals surface area contributed by atoms with Gasteiger partial charge in [0.2, 0.25) is 23.6 Å². The lowest BCUT2D eigenvalue weighted by molar-refractivity contribution is -0.128. The first kappa shape index (κ1) is 57.6. The van der Waals surface area contributed by atoms with Gasteiger partial charge >= 0.3 is 0 Å². The van der Waals surface area contributed by atoms with Gasteiger partial charge in [0.15, 0.2) is 23.0 Å². The van der Waals surface area contributed by atoms with E-state index in [1.165, 1.54) is 14.2 Å². The lowest BCUT2D eigenvalue weighted by Crippen LogP contribution is -2.43. The molecule has 21 heteroatoms. The van der Waals surface area contributed by atoms with Gasteiger partial charge in [0, 0.05) is 71.2 Å². The Labute approximate surface area is 478 Å². The molecule has 0 bridgehead atoms. The molecule has 0 saturated heterocycles. The Balaban J connectivity index is 0.842. The second-order valence-electron chi connectivity index (χ2n) is 20.9. The number of carbonyl (C=O) groups excluding carboxylic acids is 7. The first-order valence-corrected chi connectivity index (χ1v) is 29.0. The van der Waals surface area contributed by atoms with E-state index in [9.17, 15) is 33.6 Å². The summed E-state index contributed by atoms with van der Waals surface area (Å²) in [6.45, 7) is 7.03. The van der Waals surface area contributed by atoms with Crippen molar-refractivity contribution in [2.45, 2.75) is 102 Å². The molecule has 5 aromatic rings. The Morgan fingerprint density at radius 1 is 0.704 bits per heavy atom. The molecule has 6 amide bonds. The van der Waals surface area contributed by atoms with E-state index in [0.29, 0.717) is 88.1 Å². The number of anilines is 4. The van der Waals surface area contributed by atoms with Crippen LogP contribution in [0.1, 0.15) is 96.3 Å². The summed E-state index contributed by atoms with van der Waals surface area (Å²) in [5, 5.41) is 14.2. The molecule has 0 saturated carbocycles. The maximum atomic E-state index is 14.1. The molecule has 0 radical (unpaired) electrons. The number of amides is 6. The molecule has 19 nitrogen and oxygen atoms in total. The van der Waals surface area contributed by atoms with Crippen molar-refractivity contribution in [1.82, 2.24) is 16.0 Å². The number of ketones is 1. The van der Waals surface area contributed by atoms with Crippen molar-refractivity contribution < 1.29 is 52.5 Å². The van der Waals surface area contributed by atoms with Crippen LogP contribution in [-0.2, 0) is 50.0 Å². The highest BCUT2D eigenvalue weighted by Gasteiger charge is 2.39. The van der Waals surface area contributed by atoms with Gasteiger partial charge in [-0.3, -0.25) is 38.7 Å². The van der Waals surface area contributed by atoms with Gasteiger partial charge < -0.3 is 55.2 Å². The van der Waals surface area contributed by atoms with Crippen LogP contribution in [0, 0.1) is 0 Å². The molecule has 0 aromatic heterocycles. The minimum atomic E-state index is -0.628. The van der Waals surface area contributed by atoms with E-state index in [2.05, 4.69) is 33.5 Å². The van der Waals surface area contributed by atoms with Crippen molar-refractivity contribution in [2.75, 3.05) is 60.8 Å². The number of rotatable bonds is 24. The van der Waals surface area contributed by atoms with Crippen LogP contribution >= 0.6 is 21.6 Å². The average molecular weight is 1140 g/mol. The summed E-state index contributed by atoms with van der Waals surface area (Å²) >= 11 is 0. The molecule has 4 heterocycles. The fraction of sp³-hybridized carbons (Fsp3) is 0.367. The molecule has 0 spiro atoms. The van der Waals surface area contributed by atoms with Crippen molar-refractivity contribution in [3.05, 3.63) is 124 Å². The fourth-order valence-corrected chi connectivity index (χ4v) is 12.6. The number of Topliss-reactive ketones (excluding diaryl/α,β-unsaturated/α-hetero) is 1. The minimum absolute atomic E-state index is 0.0157. The molecular formula is C60H66N8O11S2.